The number of phenolic OH excluding ortho intramolecular Hbond substituents is 6. The topological polar surface area (TPSA) is 411 Å². The second-order valence-corrected chi connectivity index (χ2v) is 28.3. The zero-order chi connectivity index (χ0) is 76.2. The summed E-state index contributed by atoms with van der Waals surface area (Å²) in [6.45, 7) is 4.74. The highest BCUT2D eigenvalue weighted by molar-refractivity contribution is 6.32. The largest absolute Gasteiger partial charge is 0.508 e. The number of unbranched alkanes of at least 4 members (excludes halogenated alkanes) is 14. The van der Waals surface area contributed by atoms with Crippen LogP contribution in [0.5, 0.6) is 69.0 Å². The van der Waals surface area contributed by atoms with Crippen LogP contribution in [0.2, 0.25) is 10.0 Å². The van der Waals surface area contributed by atoms with Gasteiger partial charge in [0.15, 0.2) is 23.0 Å². The lowest BCUT2D eigenvalue weighted by molar-refractivity contribution is -0.137. The molecule has 107 heavy (non-hydrogen) atoms. The van der Waals surface area contributed by atoms with Crippen molar-refractivity contribution in [3.8, 4) is 80.1 Å². The van der Waals surface area contributed by atoms with Crippen molar-refractivity contribution in [2.75, 3.05) is 13.1 Å². The molecule has 0 radical (unpaired) electrons. The van der Waals surface area contributed by atoms with Gasteiger partial charge in [-0.1, -0.05) is 151 Å². The zero-order valence-corrected chi connectivity index (χ0v) is 60.7. The maximum Gasteiger partial charge on any atom is 0.248 e. The molecule has 8 atom stereocenters. The Morgan fingerprint density at radius 3 is 1.68 bits per heavy atom. The van der Waals surface area contributed by atoms with Crippen molar-refractivity contribution in [1.82, 2.24) is 42.5 Å². The maximum atomic E-state index is 16.2. The molecule has 17 bridgehead atoms. The van der Waals surface area contributed by atoms with E-state index in [-0.39, 0.29) is 103 Å². The molecule has 0 aromatic heterocycles. The average Bonchev–Trinajstić information content (AvgIpc) is 0.757. The Labute approximate surface area is 628 Å². The van der Waals surface area contributed by atoms with E-state index in [1.165, 1.54) is 85.3 Å². The highest BCUT2D eigenvalue weighted by Crippen LogP contribution is 2.49. The Balaban J connectivity index is 1.07. The summed E-state index contributed by atoms with van der Waals surface area (Å²) < 4.78 is 18.7. The van der Waals surface area contributed by atoms with Crippen LogP contribution in [-0.2, 0) is 46.5 Å². The van der Waals surface area contributed by atoms with Gasteiger partial charge >= 0.3 is 0 Å². The van der Waals surface area contributed by atoms with E-state index in [1.54, 1.807) is 0 Å². The molecule has 7 aromatic rings. The number of nitrogens with one attached hydrogen (secondary N) is 8. The second-order valence-electron chi connectivity index (χ2n) is 27.4. The molecular formula is C79H89Cl2N9O17. The van der Waals surface area contributed by atoms with Gasteiger partial charge in [-0.15, -0.1) is 0 Å². The molecule has 6 aliphatic heterocycles. The van der Waals surface area contributed by atoms with Gasteiger partial charge in [0.05, 0.1) is 15.6 Å². The smallest absolute Gasteiger partial charge is 0.248 e. The average molecular weight is 1510 g/mol. The second kappa shape index (κ2) is 35.3. The summed E-state index contributed by atoms with van der Waals surface area (Å²) in [7, 11) is 0. The highest BCUT2D eigenvalue weighted by atomic mass is 35.5. The molecule has 26 nitrogen and oxygen atoms in total. The van der Waals surface area contributed by atoms with Gasteiger partial charge in [0.1, 0.15) is 88.6 Å². The van der Waals surface area contributed by atoms with E-state index in [4.69, 9.17) is 43.1 Å². The molecule has 1 unspecified atom stereocenters. The van der Waals surface area contributed by atoms with Crippen LogP contribution in [0.1, 0.15) is 197 Å². The first-order valence-electron chi connectivity index (χ1n) is 36.3. The number of aliphatic hydroxyl groups is 1. The molecular weight excluding hydrogens is 1420 g/mol. The van der Waals surface area contributed by atoms with Gasteiger partial charge in [-0.3, -0.25) is 33.6 Å². The maximum absolute atomic E-state index is 16.2. The Kier molecular flexibility index (Phi) is 25.6. The van der Waals surface area contributed by atoms with Crippen molar-refractivity contribution in [3.63, 3.8) is 0 Å². The number of carbonyl (C=O) groups excluding carboxylic acids is 7. The first-order chi connectivity index (χ1) is 51.5. The number of nitrogens with two attached hydrogens (primary N) is 1. The molecule has 0 saturated heterocycles. The molecule has 6 heterocycles. The van der Waals surface area contributed by atoms with Crippen LogP contribution in [0.15, 0.2) is 109 Å². The number of benzene rings is 7. The number of ether oxygens (including phenoxy) is 3. The summed E-state index contributed by atoms with van der Waals surface area (Å²) in [6.07, 6.45) is 13.4. The zero-order valence-electron chi connectivity index (χ0n) is 59.2. The fourth-order valence-corrected chi connectivity index (χ4v) is 14.1. The fourth-order valence-electron chi connectivity index (χ4n) is 13.7. The molecule has 0 fully saturated rings. The number of carbonyl (C=O) groups is 7. The van der Waals surface area contributed by atoms with Crippen molar-refractivity contribution in [1.29, 1.82) is 0 Å². The first kappa shape index (κ1) is 77.6. The lowest BCUT2D eigenvalue weighted by Crippen LogP contribution is -2.56. The Morgan fingerprint density at radius 1 is 0.486 bits per heavy atom. The first-order valence-corrected chi connectivity index (χ1v) is 37.0. The van der Waals surface area contributed by atoms with E-state index in [0.717, 1.165) is 120 Å². The van der Waals surface area contributed by atoms with Crippen LogP contribution >= 0.6 is 23.2 Å². The van der Waals surface area contributed by atoms with E-state index >= 15 is 28.8 Å². The summed E-state index contributed by atoms with van der Waals surface area (Å²) in [4.78, 5) is 108. The minimum atomic E-state index is -2.16. The van der Waals surface area contributed by atoms with Crippen molar-refractivity contribution in [2.45, 2.75) is 178 Å². The number of rotatable bonds is 21. The van der Waals surface area contributed by atoms with Crippen molar-refractivity contribution in [2.24, 2.45) is 5.73 Å². The number of aliphatic hydroxyl groups excluding tert-OH is 1. The number of hydrogen-bond acceptors (Lipinski definition) is 19. The molecule has 17 N–H and O–H groups in total. The van der Waals surface area contributed by atoms with Crippen molar-refractivity contribution in [3.05, 3.63) is 164 Å². The van der Waals surface area contributed by atoms with E-state index in [9.17, 15) is 40.5 Å². The lowest BCUT2D eigenvalue weighted by Gasteiger charge is -2.32. The van der Waals surface area contributed by atoms with E-state index < -0.39 is 136 Å². The van der Waals surface area contributed by atoms with Crippen LogP contribution in [-0.4, -0.2) is 102 Å². The monoisotopic (exact) mass is 1510 g/mol. The molecule has 7 aromatic carbocycles. The summed E-state index contributed by atoms with van der Waals surface area (Å²) in [5.41, 5.74) is 5.21. The Hall–Kier alpha value is -10.5. The van der Waals surface area contributed by atoms with Crippen LogP contribution < -0.4 is 62.5 Å². The number of phenols is 6. The third-order valence-electron chi connectivity index (χ3n) is 19.6. The standard InChI is InChI=1S/C79H89Cl2N9O17/c1-3-5-7-9-11-13-15-17-27-83-40-51-57(94)39-50-63(71(51)96)49-33-43(21-23-55(49)92)65-76(101)90-69(79(104)89-68(50)75(100)84-28-18-16-14-12-10-8-6-4-2)70(95)44-22-26-59(53(81)34-44)107-62-37-46-36-61(72(62)97)106-58-25-19-41(29-52(58)80)30-54-73(98)86-66(77(102)88-67(46)78(103)87-65)45-31-47(91)38-48(32-45)105-60-35-42(20-24-56(60)93)64(82)74(99)85-54/h19-26,29,31-39,54,64-70,83,91-97H,3-18,27-28,30,40,82H2,1-2H3,(H,84,100)(H,85,99)(H,86,98)(H,87,103)(H,88,102)(H,89,104)(H,90,101)/t54-,64-,65-,66-,67-,68-,69-,70?/m0/s1. The summed E-state index contributed by atoms with van der Waals surface area (Å²) in [5.74, 6) is -13.0. The molecule has 13 rings (SSSR count). The number of fused-ring (bicyclic) bond motifs is 14. The highest BCUT2D eigenvalue weighted by Gasteiger charge is 2.42. The Bertz CT molecular complexity index is 4500. The number of halogens is 2. The van der Waals surface area contributed by atoms with Gasteiger partial charge in [-0.25, -0.2) is 0 Å². The van der Waals surface area contributed by atoms with Crippen molar-refractivity contribution >= 4 is 64.6 Å². The molecule has 0 aliphatic carbocycles. The van der Waals surface area contributed by atoms with Gasteiger partial charge in [0.25, 0.3) is 0 Å². The molecule has 0 saturated carbocycles. The van der Waals surface area contributed by atoms with Gasteiger partial charge in [0.2, 0.25) is 47.1 Å². The molecule has 28 heteroatoms. The van der Waals surface area contributed by atoms with E-state index in [1.807, 2.05) is 0 Å². The van der Waals surface area contributed by atoms with Gasteiger partial charge in [-0.05, 0) is 137 Å². The Morgan fingerprint density at radius 2 is 1.04 bits per heavy atom. The molecule has 6 aliphatic rings. The predicted octanol–water partition coefficient (Wildman–Crippen LogP) is 11.4. The third-order valence-corrected chi connectivity index (χ3v) is 20.2. The molecule has 7 amide bonds. The minimum Gasteiger partial charge on any atom is -0.508 e. The summed E-state index contributed by atoms with van der Waals surface area (Å²) in [6, 6.07) is 9.02. The molecule has 566 valence electrons. The minimum absolute atomic E-state index is 0.0744. The van der Waals surface area contributed by atoms with Crippen LogP contribution in [0.3, 0.4) is 0 Å². The van der Waals surface area contributed by atoms with Gasteiger partial charge in [0, 0.05) is 36.7 Å². The number of aromatic hydroxyl groups is 6. The number of hydrogen-bond donors (Lipinski definition) is 16. The van der Waals surface area contributed by atoms with Crippen LogP contribution in [0, 0.1) is 0 Å². The molecule has 0 spiro atoms. The van der Waals surface area contributed by atoms with Crippen molar-refractivity contribution < 1.29 is 83.5 Å². The normalized spacial score (nSPS) is 19.9. The van der Waals surface area contributed by atoms with Crippen LogP contribution in [0.25, 0.3) is 11.1 Å². The number of amides is 7. The predicted molar refractivity (Wildman–Crippen MR) is 397 cm³/mol. The quantitative estimate of drug-likeness (QED) is 0.0297. The van der Waals surface area contributed by atoms with Crippen LogP contribution in [0.4, 0.5) is 0 Å². The summed E-state index contributed by atoms with van der Waals surface area (Å²) in [5, 5.41) is 106. The lowest BCUT2D eigenvalue weighted by atomic mass is 9.87. The van der Waals surface area contributed by atoms with Gasteiger partial charge in [-0.2, -0.15) is 0 Å². The third kappa shape index (κ3) is 18.5. The van der Waals surface area contributed by atoms with Gasteiger partial charge < -0.3 is 98.2 Å². The SMILES string of the molecule is CCCCCCCCCCNCc1c(O)cc2c(c1O)-c1cc(ccc1O)[C@@H]1NC(=O)[C@H]3NC(=O)[C@H]4NC(=O)[C@H](Cc5ccc(c(Cl)c5)Oc5cc3cc(c5O)Oc3ccc(cc3Cl)C(O)[C@H](NC1=O)C(=O)N[C@@H]2C(=O)NCCCCCCCCCC)NC(=O)[C@@H](N)c1ccc(O)c(c1)Oc1cc(O)cc4c1. The summed E-state index contributed by atoms with van der Waals surface area (Å²) >= 11 is 14.0. The fraction of sp³-hybridized carbons (Fsp3) is 0.380. The van der Waals surface area contributed by atoms with E-state index in [2.05, 4.69) is 56.4 Å². The van der Waals surface area contributed by atoms with E-state index in [0.29, 0.717) is 18.5 Å².